The van der Waals surface area contributed by atoms with Crippen molar-refractivity contribution < 1.29 is 26.6 Å². The highest BCUT2D eigenvalue weighted by Gasteiger charge is 2.45. The number of nitrogens with one attached hydrogen (secondary N) is 1. The molecule has 200 valence electrons. The standard InChI is InChI=1S/C24H33N5O6SSi/c1-24(2,3)37(4,5)35-18-13-20(34-19(18)14-33-36(25,31)32)29-12-11-17-21(26-15-27-22(17)29)28-23(30)16-9-7-6-8-10-16/h6-12,15,18-20H,13-14H2,1-5H3,(H2,25,31,32)(H,26,27,28,30)/t18-,19+,20+/m0/s1. The van der Waals surface area contributed by atoms with E-state index in [1.807, 2.05) is 10.6 Å². The van der Waals surface area contributed by atoms with Crippen LogP contribution in [0.4, 0.5) is 5.82 Å². The van der Waals surface area contributed by atoms with Crippen LogP contribution in [-0.4, -0.2) is 56.0 Å². The van der Waals surface area contributed by atoms with Gasteiger partial charge < -0.3 is 19.0 Å². The number of carbonyl (C=O) groups excluding carboxylic acids is 1. The number of fused-ring (bicyclic) bond motifs is 1. The summed E-state index contributed by atoms with van der Waals surface area (Å²) in [5, 5.41) is 8.49. The van der Waals surface area contributed by atoms with E-state index in [1.54, 1.807) is 36.5 Å². The van der Waals surface area contributed by atoms with Gasteiger partial charge in [-0.15, -0.1) is 0 Å². The molecule has 37 heavy (non-hydrogen) atoms. The number of hydrogen-bond donors (Lipinski definition) is 2. The Bertz CT molecular complexity index is 1370. The van der Waals surface area contributed by atoms with E-state index in [2.05, 4.69) is 49.1 Å². The SMILES string of the molecule is CC(C)(C)[Si](C)(C)O[C@H]1C[C@H](n2ccc3c(NC(=O)c4ccccc4)ncnc32)O[C@@H]1COS(N)(=O)=O. The predicted octanol–water partition coefficient (Wildman–Crippen LogP) is 3.58. The van der Waals surface area contributed by atoms with Crippen molar-refractivity contribution in [2.45, 2.75) is 63.8 Å². The third-order valence-electron chi connectivity index (χ3n) is 6.92. The van der Waals surface area contributed by atoms with Crippen LogP contribution >= 0.6 is 0 Å². The molecule has 11 nitrogen and oxygen atoms in total. The highest BCUT2D eigenvalue weighted by atomic mass is 32.2. The Kier molecular flexibility index (Phi) is 7.56. The van der Waals surface area contributed by atoms with Crippen molar-refractivity contribution in [2.24, 2.45) is 5.14 Å². The summed E-state index contributed by atoms with van der Waals surface area (Å²) in [6.07, 6.45) is 2.05. The van der Waals surface area contributed by atoms with Crippen LogP contribution in [0.1, 0.15) is 43.8 Å². The maximum atomic E-state index is 12.7. The first-order valence-corrected chi connectivity index (χ1v) is 16.3. The first-order valence-electron chi connectivity index (χ1n) is 11.9. The number of nitrogens with zero attached hydrogens (tertiary/aromatic N) is 3. The van der Waals surface area contributed by atoms with E-state index in [9.17, 15) is 13.2 Å². The molecule has 2 aromatic heterocycles. The molecule has 1 aliphatic rings. The minimum Gasteiger partial charge on any atom is -0.411 e. The molecule has 0 unspecified atom stereocenters. The smallest absolute Gasteiger partial charge is 0.333 e. The lowest BCUT2D eigenvalue weighted by Crippen LogP contribution is -2.46. The molecular weight excluding hydrogens is 514 g/mol. The molecule has 1 fully saturated rings. The van der Waals surface area contributed by atoms with Gasteiger partial charge >= 0.3 is 10.3 Å². The highest BCUT2D eigenvalue weighted by Crippen LogP contribution is 2.42. The summed E-state index contributed by atoms with van der Waals surface area (Å²) in [7, 11) is -6.36. The fourth-order valence-electron chi connectivity index (χ4n) is 3.93. The summed E-state index contributed by atoms with van der Waals surface area (Å²) in [6, 6.07) is 10.7. The fourth-order valence-corrected chi connectivity index (χ4v) is 5.62. The lowest BCUT2D eigenvalue weighted by molar-refractivity contribution is -0.0347. The molecule has 0 radical (unpaired) electrons. The lowest BCUT2D eigenvalue weighted by atomic mass is 10.2. The van der Waals surface area contributed by atoms with Gasteiger partial charge in [-0.3, -0.25) is 8.98 Å². The van der Waals surface area contributed by atoms with Crippen molar-refractivity contribution in [3.05, 3.63) is 54.5 Å². The van der Waals surface area contributed by atoms with Gasteiger partial charge in [0.05, 0.1) is 18.1 Å². The number of ether oxygens (including phenoxy) is 1. The van der Waals surface area contributed by atoms with Crippen LogP contribution in [-0.2, 0) is 23.7 Å². The molecule has 0 spiro atoms. The Labute approximate surface area is 217 Å². The maximum absolute atomic E-state index is 12.7. The number of anilines is 1. The summed E-state index contributed by atoms with van der Waals surface area (Å²) >= 11 is 0. The van der Waals surface area contributed by atoms with Crippen molar-refractivity contribution in [2.75, 3.05) is 11.9 Å². The number of nitrogens with two attached hydrogens (primary N) is 1. The van der Waals surface area contributed by atoms with Crippen molar-refractivity contribution in [1.82, 2.24) is 14.5 Å². The Balaban J connectivity index is 1.60. The average molecular weight is 548 g/mol. The third kappa shape index (κ3) is 6.25. The van der Waals surface area contributed by atoms with Gasteiger partial charge in [0.15, 0.2) is 8.32 Å². The molecule has 0 saturated carbocycles. The number of hydrogen-bond acceptors (Lipinski definition) is 8. The van der Waals surface area contributed by atoms with E-state index in [0.29, 0.717) is 28.8 Å². The summed E-state index contributed by atoms with van der Waals surface area (Å²) in [5.41, 5.74) is 1.07. The third-order valence-corrected chi connectivity index (χ3v) is 11.9. The highest BCUT2D eigenvalue weighted by molar-refractivity contribution is 7.84. The van der Waals surface area contributed by atoms with E-state index < -0.39 is 37.1 Å². The van der Waals surface area contributed by atoms with Gasteiger partial charge in [-0.1, -0.05) is 39.0 Å². The Morgan fingerprint density at radius 1 is 1.22 bits per heavy atom. The molecule has 1 aromatic carbocycles. The molecule has 1 amide bonds. The van der Waals surface area contributed by atoms with E-state index in [-0.39, 0.29) is 17.6 Å². The van der Waals surface area contributed by atoms with E-state index in [1.165, 1.54) is 6.33 Å². The van der Waals surface area contributed by atoms with Crippen LogP contribution in [0.15, 0.2) is 48.9 Å². The summed E-state index contributed by atoms with van der Waals surface area (Å²) in [6.45, 7) is 10.4. The lowest BCUT2D eigenvalue weighted by Gasteiger charge is -2.39. The van der Waals surface area contributed by atoms with E-state index >= 15 is 0 Å². The molecule has 3 N–H and O–H groups in total. The molecule has 1 aliphatic heterocycles. The topological polar surface area (TPSA) is 148 Å². The van der Waals surface area contributed by atoms with Crippen LogP contribution in [0.2, 0.25) is 18.1 Å². The van der Waals surface area contributed by atoms with Gasteiger partial charge in [-0.05, 0) is 36.3 Å². The zero-order chi connectivity index (χ0) is 27.0. The number of benzene rings is 1. The van der Waals surface area contributed by atoms with Gasteiger partial charge in [0.25, 0.3) is 5.91 Å². The number of aromatic nitrogens is 3. The van der Waals surface area contributed by atoms with Gasteiger partial charge in [0, 0.05) is 18.2 Å². The largest absolute Gasteiger partial charge is 0.411 e. The minimum atomic E-state index is -4.15. The summed E-state index contributed by atoms with van der Waals surface area (Å²) in [4.78, 5) is 21.4. The second kappa shape index (κ2) is 10.2. The number of carbonyl (C=O) groups is 1. The van der Waals surface area contributed by atoms with E-state index in [4.69, 9.17) is 18.5 Å². The fraction of sp³-hybridized carbons (Fsp3) is 0.458. The molecule has 4 rings (SSSR count). The Morgan fingerprint density at radius 3 is 2.57 bits per heavy atom. The van der Waals surface area contributed by atoms with Crippen LogP contribution < -0.4 is 10.5 Å². The van der Waals surface area contributed by atoms with Crippen molar-refractivity contribution in [3.63, 3.8) is 0 Å². The second-order valence-electron chi connectivity index (χ2n) is 10.6. The van der Waals surface area contributed by atoms with Crippen molar-refractivity contribution in [3.8, 4) is 0 Å². The second-order valence-corrected chi connectivity index (χ2v) is 16.5. The van der Waals surface area contributed by atoms with Crippen LogP contribution in [0.25, 0.3) is 11.0 Å². The first-order chi connectivity index (χ1) is 17.2. The maximum Gasteiger partial charge on any atom is 0.333 e. The first kappa shape index (κ1) is 27.4. The van der Waals surface area contributed by atoms with Crippen molar-refractivity contribution in [1.29, 1.82) is 0 Å². The Hall–Kier alpha value is -2.68. The molecule has 0 aliphatic carbocycles. The molecule has 3 atom stereocenters. The molecule has 1 saturated heterocycles. The van der Waals surface area contributed by atoms with Crippen LogP contribution in [0, 0.1) is 0 Å². The van der Waals surface area contributed by atoms with Crippen molar-refractivity contribution >= 4 is 41.4 Å². The monoisotopic (exact) mass is 547 g/mol. The molecule has 3 aromatic rings. The molecule has 13 heteroatoms. The van der Waals surface area contributed by atoms with Gasteiger partial charge in [-0.2, -0.15) is 8.42 Å². The normalized spacial score (nSPS) is 20.9. The predicted molar refractivity (Wildman–Crippen MR) is 142 cm³/mol. The van der Waals surface area contributed by atoms with Crippen LogP contribution in [0.3, 0.4) is 0 Å². The van der Waals surface area contributed by atoms with Gasteiger partial charge in [0.1, 0.15) is 30.1 Å². The summed E-state index contributed by atoms with van der Waals surface area (Å²) < 4.78 is 42.5. The van der Waals surface area contributed by atoms with Crippen LogP contribution in [0.5, 0.6) is 0 Å². The Morgan fingerprint density at radius 2 is 1.92 bits per heavy atom. The quantitative estimate of drug-likeness (QED) is 0.407. The summed E-state index contributed by atoms with van der Waals surface area (Å²) in [5.74, 6) is 0.0901. The number of amides is 1. The molecule has 3 heterocycles. The number of rotatable bonds is 8. The zero-order valence-corrected chi connectivity index (χ0v) is 23.4. The molecular formula is C24H33N5O6SSi. The van der Waals surface area contributed by atoms with E-state index in [0.717, 1.165) is 0 Å². The van der Waals surface area contributed by atoms with Gasteiger partial charge in [-0.25, -0.2) is 15.1 Å². The van der Waals surface area contributed by atoms with Gasteiger partial charge in [0.2, 0.25) is 0 Å². The molecule has 0 bridgehead atoms. The minimum absolute atomic E-state index is 0.0599. The zero-order valence-electron chi connectivity index (χ0n) is 21.5. The average Bonchev–Trinajstić information content (AvgIpc) is 3.41.